The fourth-order valence-corrected chi connectivity index (χ4v) is 4.24. The topological polar surface area (TPSA) is 66.4 Å². The number of aliphatic hydroxyl groups excluding tert-OH is 1. The smallest absolute Gasteiger partial charge is 0.392 e. The lowest BCUT2D eigenvalue weighted by Gasteiger charge is -2.26. The lowest BCUT2D eigenvalue weighted by atomic mass is 9.91. The number of benzene rings is 1. The van der Waals surface area contributed by atoms with Gasteiger partial charge in [-0.15, -0.1) is 0 Å². The number of hydrogen-bond donors (Lipinski definition) is 2. The monoisotopic (exact) mass is 385 g/mol. The maximum absolute atomic E-state index is 13.1. The summed E-state index contributed by atoms with van der Waals surface area (Å²) in [5.41, 5.74) is -1.91. The molecule has 2 rings (SSSR count). The van der Waals surface area contributed by atoms with Gasteiger partial charge in [0.05, 0.1) is 16.6 Å². The molecule has 9 heteroatoms. The molecule has 0 unspecified atom stereocenters. The SMILES string of the molecule is CC(C)[C@@H](O)C1(CNS(=O)(=O)c2ccc(Cl)cc2C(F)(F)F)CC1. The molecule has 0 aromatic heterocycles. The molecule has 24 heavy (non-hydrogen) atoms. The Morgan fingerprint density at radius 2 is 1.92 bits per heavy atom. The van der Waals surface area contributed by atoms with Crippen LogP contribution >= 0.6 is 11.6 Å². The normalized spacial score (nSPS) is 18.7. The van der Waals surface area contributed by atoms with Crippen LogP contribution in [0.5, 0.6) is 0 Å². The summed E-state index contributed by atoms with van der Waals surface area (Å²) >= 11 is 5.56. The summed E-state index contributed by atoms with van der Waals surface area (Å²) in [5.74, 6) is -0.0710. The van der Waals surface area contributed by atoms with Crippen LogP contribution in [0.1, 0.15) is 32.3 Å². The van der Waals surface area contributed by atoms with Crippen molar-refractivity contribution in [3.05, 3.63) is 28.8 Å². The van der Waals surface area contributed by atoms with E-state index in [-0.39, 0.29) is 17.5 Å². The van der Waals surface area contributed by atoms with Crippen LogP contribution in [0.15, 0.2) is 23.1 Å². The van der Waals surface area contributed by atoms with Gasteiger partial charge in [-0.05, 0) is 37.0 Å². The molecule has 0 heterocycles. The summed E-state index contributed by atoms with van der Waals surface area (Å²) in [7, 11) is -4.38. The van der Waals surface area contributed by atoms with Crippen LogP contribution in [-0.2, 0) is 16.2 Å². The van der Waals surface area contributed by atoms with E-state index in [0.717, 1.165) is 12.1 Å². The second kappa shape index (κ2) is 6.48. The second-order valence-corrected chi connectivity index (χ2v) is 8.69. The Hall–Kier alpha value is -0.830. The quantitative estimate of drug-likeness (QED) is 0.788. The number of aliphatic hydroxyl groups is 1. The standard InChI is InChI=1S/C15H19ClF3NO3S/c1-9(2)13(21)14(5-6-14)8-20-24(22,23)12-4-3-10(16)7-11(12)15(17,18)19/h3-4,7,9,13,20-21H,5-6,8H2,1-2H3/t13-/m1/s1. The Kier molecular flexibility index (Phi) is 5.26. The van der Waals surface area contributed by atoms with Crippen molar-refractivity contribution >= 4 is 21.6 Å². The van der Waals surface area contributed by atoms with Gasteiger partial charge < -0.3 is 5.11 Å². The van der Waals surface area contributed by atoms with E-state index in [9.17, 15) is 26.7 Å². The van der Waals surface area contributed by atoms with E-state index in [2.05, 4.69) is 4.72 Å². The van der Waals surface area contributed by atoms with Crippen LogP contribution in [0.2, 0.25) is 5.02 Å². The van der Waals surface area contributed by atoms with Crippen molar-refractivity contribution in [3.63, 3.8) is 0 Å². The zero-order valence-corrected chi connectivity index (χ0v) is 14.8. The average molecular weight is 386 g/mol. The molecule has 1 atom stereocenters. The van der Waals surface area contributed by atoms with Crippen LogP contribution in [0.3, 0.4) is 0 Å². The molecular weight excluding hydrogens is 367 g/mol. The van der Waals surface area contributed by atoms with E-state index >= 15 is 0 Å². The number of sulfonamides is 1. The fraction of sp³-hybridized carbons (Fsp3) is 0.600. The van der Waals surface area contributed by atoms with Crippen molar-refractivity contribution in [1.82, 2.24) is 4.72 Å². The first-order chi connectivity index (χ1) is 10.9. The predicted octanol–water partition coefficient (Wildman–Crippen LogP) is 3.43. The maximum atomic E-state index is 13.1. The third kappa shape index (κ3) is 4.04. The molecule has 1 aromatic rings. The molecule has 1 aliphatic carbocycles. The van der Waals surface area contributed by atoms with Gasteiger partial charge >= 0.3 is 6.18 Å². The lowest BCUT2D eigenvalue weighted by molar-refractivity contribution is -0.139. The average Bonchev–Trinajstić information content (AvgIpc) is 3.24. The first kappa shape index (κ1) is 19.5. The fourth-order valence-electron chi connectivity index (χ4n) is 2.72. The van der Waals surface area contributed by atoms with Crippen molar-refractivity contribution in [2.24, 2.45) is 11.3 Å². The van der Waals surface area contributed by atoms with Gasteiger partial charge in [-0.1, -0.05) is 25.4 Å². The van der Waals surface area contributed by atoms with E-state index in [0.29, 0.717) is 18.9 Å². The Morgan fingerprint density at radius 3 is 2.38 bits per heavy atom. The van der Waals surface area contributed by atoms with Crippen molar-refractivity contribution in [3.8, 4) is 0 Å². The summed E-state index contributed by atoms with van der Waals surface area (Å²) in [6, 6.07) is 2.53. The molecule has 1 aromatic carbocycles. The largest absolute Gasteiger partial charge is 0.417 e. The number of rotatable bonds is 6. The van der Waals surface area contributed by atoms with Gasteiger partial charge in [-0.25, -0.2) is 13.1 Å². The number of halogens is 4. The Morgan fingerprint density at radius 1 is 1.33 bits per heavy atom. The van der Waals surface area contributed by atoms with Gasteiger partial charge in [0.2, 0.25) is 10.0 Å². The van der Waals surface area contributed by atoms with Gasteiger partial charge in [0.15, 0.2) is 0 Å². The molecule has 1 aliphatic rings. The predicted molar refractivity (Wildman–Crippen MR) is 84.2 cm³/mol. The minimum atomic E-state index is -4.84. The molecule has 1 saturated carbocycles. The van der Waals surface area contributed by atoms with Crippen LogP contribution < -0.4 is 4.72 Å². The van der Waals surface area contributed by atoms with Gasteiger partial charge in [0.1, 0.15) is 0 Å². The van der Waals surface area contributed by atoms with Crippen LogP contribution in [0.25, 0.3) is 0 Å². The molecule has 136 valence electrons. The zero-order valence-electron chi connectivity index (χ0n) is 13.2. The van der Waals surface area contributed by atoms with Crippen molar-refractivity contribution in [2.45, 2.75) is 43.9 Å². The highest BCUT2D eigenvalue weighted by atomic mass is 35.5. The second-order valence-electron chi connectivity index (χ2n) is 6.51. The third-order valence-corrected chi connectivity index (χ3v) is 6.00. The lowest BCUT2D eigenvalue weighted by Crippen LogP contribution is -2.39. The highest BCUT2D eigenvalue weighted by Gasteiger charge is 2.50. The van der Waals surface area contributed by atoms with Crippen molar-refractivity contribution < 1.29 is 26.7 Å². The summed E-state index contributed by atoms with van der Waals surface area (Å²) in [6.45, 7) is 3.51. The summed E-state index contributed by atoms with van der Waals surface area (Å²) in [5, 5.41) is 9.97. The van der Waals surface area contributed by atoms with Crippen molar-refractivity contribution in [1.29, 1.82) is 0 Å². The van der Waals surface area contributed by atoms with E-state index in [4.69, 9.17) is 11.6 Å². The van der Waals surface area contributed by atoms with E-state index in [1.807, 2.05) is 0 Å². The molecule has 0 radical (unpaired) electrons. The molecule has 0 spiro atoms. The summed E-state index contributed by atoms with van der Waals surface area (Å²) in [4.78, 5) is -0.866. The minimum Gasteiger partial charge on any atom is -0.392 e. The highest BCUT2D eigenvalue weighted by molar-refractivity contribution is 7.89. The highest BCUT2D eigenvalue weighted by Crippen LogP contribution is 2.50. The number of alkyl halides is 3. The molecule has 0 aliphatic heterocycles. The molecular formula is C15H19ClF3NO3S. The number of hydrogen-bond acceptors (Lipinski definition) is 3. The Labute approximate surface area is 144 Å². The molecule has 0 bridgehead atoms. The summed E-state index contributed by atoms with van der Waals surface area (Å²) in [6.07, 6.45) is -4.31. The van der Waals surface area contributed by atoms with Crippen LogP contribution in [0.4, 0.5) is 13.2 Å². The molecule has 1 fully saturated rings. The zero-order chi connectivity index (χ0) is 18.3. The van der Waals surface area contributed by atoms with E-state index < -0.39 is 38.2 Å². The Balaban J connectivity index is 2.26. The summed E-state index contributed by atoms with van der Waals surface area (Å²) < 4.78 is 66.2. The molecule has 2 N–H and O–H groups in total. The van der Waals surface area contributed by atoms with Gasteiger partial charge in [0.25, 0.3) is 0 Å². The first-order valence-corrected chi connectivity index (χ1v) is 9.30. The first-order valence-electron chi connectivity index (χ1n) is 7.43. The minimum absolute atomic E-state index is 0.0710. The van der Waals surface area contributed by atoms with Crippen LogP contribution in [-0.4, -0.2) is 26.2 Å². The van der Waals surface area contributed by atoms with Crippen LogP contribution in [0, 0.1) is 11.3 Å². The van der Waals surface area contributed by atoms with Crippen molar-refractivity contribution in [2.75, 3.05) is 6.54 Å². The maximum Gasteiger partial charge on any atom is 0.417 e. The van der Waals surface area contributed by atoms with Gasteiger partial charge in [0, 0.05) is 17.0 Å². The Bertz CT molecular complexity index is 715. The third-order valence-electron chi connectivity index (χ3n) is 4.30. The van der Waals surface area contributed by atoms with E-state index in [1.165, 1.54) is 0 Å². The molecule has 4 nitrogen and oxygen atoms in total. The van der Waals surface area contributed by atoms with E-state index in [1.54, 1.807) is 13.8 Å². The molecule has 0 saturated heterocycles. The molecule has 0 amide bonds. The van der Waals surface area contributed by atoms with Gasteiger partial charge in [-0.3, -0.25) is 0 Å². The number of nitrogens with one attached hydrogen (secondary N) is 1. The van der Waals surface area contributed by atoms with Gasteiger partial charge in [-0.2, -0.15) is 13.2 Å².